The molecule has 8 heteroatoms. The molecule has 1 amide bonds. The van der Waals surface area contributed by atoms with Crippen molar-refractivity contribution in [1.82, 2.24) is 19.7 Å². The smallest absolute Gasteiger partial charge is 0.260 e. The summed E-state index contributed by atoms with van der Waals surface area (Å²) >= 11 is 3.47. The molecule has 0 aliphatic carbocycles. The van der Waals surface area contributed by atoms with E-state index in [1.165, 1.54) is 0 Å². The lowest BCUT2D eigenvalue weighted by Crippen LogP contribution is -2.16. The molecule has 0 fully saturated rings. The summed E-state index contributed by atoms with van der Waals surface area (Å²) in [5.74, 6) is 1.40. The molecule has 1 aliphatic rings. The second-order valence-corrected chi connectivity index (χ2v) is 6.74. The Morgan fingerprint density at radius 3 is 2.96 bits per heavy atom. The van der Waals surface area contributed by atoms with Crippen LogP contribution in [0.25, 0.3) is 11.5 Å². The topological polar surface area (TPSA) is 81.9 Å². The number of carbonyl (C=O) groups is 1. The monoisotopic (exact) mass is 413 g/mol. The van der Waals surface area contributed by atoms with Crippen molar-refractivity contribution in [3.63, 3.8) is 0 Å². The quantitative estimate of drug-likeness (QED) is 0.609. The van der Waals surface area contributed by atoms with Crippen LogP contribution in [0.2, 0.25) is 0 Å². The number of hydrogen-bond donors (Lipinski definition) is 1. The number of rotatable bonds is 0. The van der Waals surface area contributed by atoms with Gasteiger partial charge >= 0.3 is 0 Å². The lowest BCUT2D eigenvalue weighted by molar-refractivity contribution is 0.102. The van der Waals surface area contributed by atoms with Gasteiger partial charge in [-0.15, -0.1) is 10.2 Å². The van der Waals surface area contributed by atoms with Gasteiger partial charge in [0.1, 0.15) is 23.6 Å². The Bertz CT molecular complexity index is 956. The number of aryl methyl sites for hydroxylation is 1. The summed E-state index contributed by atoms with van der Waals surface area (Å²) in [7, 11) is 0. The van der Waals surface area contributed by atoms with E-state index in [4.69, 9.17) is 4.74 Å². The Balaban J connectivity index is 1.75. The molecule has 1 aliphatic heterocycles. The van der Waals surface area contributed by atoms with Crippen LogP contribution in [0.1, 0.15) is 23.2 Å². The minimum atomic E-state index is -0.274. The second kappa shape index (κ2) is 7.25. The van der Waals surface area contributed by atoms with E-state index in [2.05, 4.69) is 36.4 Å². The number of pyridine rings is 1. The summed E-state index contributed by atoms with van der Waals surface area (Å²) in [6.45, 7) is 1.29. The highest BCUT2D eigenvalue weighted by molar-refractivity contribution is 9.10. The van der Waals surface area contributed by atoms with Crippen LogP contribution in [0, 0.1) is 0 Å². The zero-order valence-corrected chi connectivity index (χ0v) is 15.4. The Morgan fingerprint density at radius 2 is 2.04 bits per heavy atom. The third-order valence-electron chi connectivity index (χ3n) is 4.09. The molecule has 7 nitrogen and oxygen atoms in total. The first-order valence-electron chi connectivity index (χ1n) is 8.30. The maximum Gasteiger partial charge on any atom is 0.260 e. The third-order valence-corrected chi connectivity index (χ3v) is 4.71. The van der Waals surface area contributed by atoms with Crippen molar-refractivity contribution in [2.75, 3.05) is 11.9 Å². The average molecular weight is 414 g/mol. The molecule has 4 rings (SSSR count). The van der Waals surface area contributed by atoms with Crippen LogP contribution in [0.3, 0.4) is 0 Å². The fourth-order valence-electron chi connectivity index (χ4n) is 2.82. The fourth-order valence-corrected chi connectivity index (χ4v) is 3.30. The van der Waals surface area contributed by atoms with Gasteiger partial charge in [-0.05, 0) is 53.0 Å². The molecule has 0 saturated carbocycles. The Morgan fingerprint density at radius 1 is 1.15 bits per heavy atom. The van der Waals surface area contributed by atoms with Crippen LogP contribution in [-0.4, -0.2) is 32.3 Å². The van der Waals surface area contributed by atoms with Gasteiger partial charge in [-0.2, -0.15) is 0 Å². The minimum Gasteiger partial charge on any atom is -0.492 e. The highest BCUT2D eigenvalue weighted by Crippen LogP contribution is 2.30. The van der Waals surface area contributed by atoms with Gasteiger partial charge in [0.05, 0.1) is 16.6 Å². The van der Waals surface area contributed by atoms with E-state index < -0.39 is 0 Å². The van der Waals surface area contributed by atoms with Crippen LogP contribution < -0.4 is 10.1 Å². The maximum absolute atomic E-state index is 12.7. The van der Waals surface area contributed by atoms with Gasteiger partial charge in [-0.1, -0.05) is 12.1 Å². The molecular formula is C18H16BrN5O2. The van der Waals surface area contributed by atoms with Crippen molar-refractivity contribution in [2.45, 2.75) is 19.4 Å². The first-order chi connectivity index (χ1) is 12.7. The van der Waals surface area contributed by atoms with Gasteiger partial charge in [0.2, 0.25) is 0 Å². The standard InChI is InChI=1S/C18H16BrN5O2/c19-13-6-3-5-12-16(13)26-10-2-1-9-24-11-20-23-17(24)14-7-4-8-15(21-14)22-18(12)25/h3-8,11H,1-2,9-10H2,(H,21,22,25). The summed E-state index contributed by atoms with van der Waals surface area (Å²) in [5, 5.41) is 11.0. The number of halogens is 1. The van der Waals surface area contributed by atoms with E-state index in [1.807, 2.05) is 22.8 Å². The molecule has 3 aromatic rings. The molecule has 132 valence electrons. The number of anilines is 1. The Hall–Kier alpha value is -2.74. The normalized spacial score (nSPS) is 14.4. The number of hydrogen-bond acceptors (Lipinski definition) is 5. The number of ether oxygens (including phenoxy) is 1. The Labute approximate surface area is 158 Å². The molecule has 0 unspecified atom stereocenters. The fraction of sp³-hybridized carbons (Fsp3) is 0.222. The number of nitrogens with one attached hydrogen (secondary N) is 1. The molecule has 1 aromatic carbocycles. The summed E-state index contributed by atoms with van der Waals surface area (Å²) in [6, 6.07) is 10.8. The molecular weight excluding hydrogens is 398 g/mol. The average Bonchev–Trinajstić information content (AvgIpc) is 3.10. The van der Waals surface area contributed by atoms with Crippen LogP contribution in [-0.2, 0) is 6.54 Å². The van der Waals surface area contributed by atoms with E-state index in [1.54, 1.807) is 24.5 Å². The Kier molecular flexibility index (Phi) is 4.66. The molecule has 2 aromatic heterocycles. The van der Waals surface area contributed by atoms with Crippen LogP contribution in [0.4, 0.5) is 5.82 Å². The van der Waals surface area contributed by atoms with Crippen molar-refractivity contribution in [3.05, 3.63) is 52.8 Å². The minimum absolute atomic E-state index is 0.274. The molecule has 1 N–H and O–H groups in total. The number of benzene rings is 1. The lowest BCUT2D eigenvalue weighted by atomic mass is 10.2. The summed E-state index contributed by atoms with van der Waals surface area (Å²) < 4.78 is 8.60. The summed E-state index contributed by atoms with van der Waals surface area (Å²) in [5.41, 5.74) is 1.13. The number of fused-ring (bicyclic) bond motifs is 5. The zero-order chi connectivity index (χ0) is 17.9. The van der Waals surface area contributed by atoms with Crippen LogP contribution in [0.5, 0.6) is 5.75 Å². The first kappa shape index (κ1) is 16.7. The van der Waals surface area contributed by atoms with E-state index in [0.717, 1.165) is 23.9 Å². The van der Waals surface area contributed by atoms with E-state index >= 15 is 0 Å². The van der Waals surface area contributed by atoms with E-state index in [9.17, 15) is 4.79 Å². The van der Waals surface area contributed by atoms with Crippen molar-refractivity contribution in [2.24, 2.45) is 0 Å². The molecule has 26 heavy (non-hydrogen) atoms. The number of amides is 1. The summed E-state index contributed by atoms with van der Waals surface area (Å²) in [6.07, 6.45) is 3.44. The molecule has 0 atom stereocenters. The number of nitrogens with zero attached hydrogens (tertiary/aromatic N) is 4. The largest absolute Gasteiger partial charge is 0.492 e. The lowest BCUT2D eigenvalue weighted by Gasteiger charge is -2.15. The molecule has 0 spiro atoms. The number of carbonyl (C=O) groups excluding carboxylic acids is 1. The molecule has 3 heterocycles. The van der Waals surface area contributed by atoms with E-state index in [-0.39, 0.29) is 5.91 Å². The van der Waals surface area contributed by atoms with Gasteiger partial charge in [0, 0.05) is 6.54 Å². The number of aromatic nitrogens is 4. The van der Waals surface area contributed by atoms with Crippen molar-refractivity contribution in [3.8, 4) is 17.3 Å². The summed E-state index contributed by atoms with van der Waals surface area (Å²) in [4.78, 5) is 17.3. The highest BCUT2D eigenvalue weighted by Gasteiger charge is 2.17. The first-order valence-corrected chi connectivity index (χ1v) is 9.09. The second-order valence-electron chi connectivity index (χ2n) is 5.88. The van der Waals surface area contributed by atoms with E-state index in [0.29, 0.717) is 35.3 Å². The predicted molar refractivity (Wildman–Crippen MR) is 100 cm³/mol. The van der Waals surface area contributed by atoms with Gasteiger partial charge < -0.3 is 14.6 Å². The van der Waals surface area contributed by atoms with Crippen LogP contribution in [0.15, 0.2) is 47.2 Å². The zero-order valence-electron chi connectivity index (χ0n) is 13.9. The number of para-hydroxylation sites is 1. The SMILES string of the molecule is O=C1Nc2cccc(n2)-c2nncn2CCCCOc2c(Br)cccc21. The van der Waals surface area contributed by atoms with Gasteiger partial charge in [-0.3, -0.25) is 4.79 Å². The van der Waals surface area contributed by atoms with Crippen molar-refractivity contribution in [1.29, 1.82) is 0 Å². The predicted octanol–water partition coefficient (Wildman–Crippen LogP) is 3.53. The van der Waals surface area contributed by atoms with Gasteiger partial charge in [0.15, 0.2) is 5.82 Å². The third kappa shape index (κ3) is 3.32. The molecule has 0 saturated heterocycles. The molecule has 0 radical (unpaired) electrons. The highest BCUT2D eigenvalue weighted by atomic mass is 79.9. The van der Waals surface area contributed by atoms with Crippen LogP contribution >= 0.6 is 15.9 Å². The van der Waals surface area contributed by atoms with Gasteiger partial charge in [0.25, 0.3) is 5.91 Å². The van der Waals surface area contributed by atoms with Gasteiger partial charge in [-0.25, -0.2) is 4.98 Å². The van der Waals surface area contributed by atoms with Crippen molar-refractivity contribution >= 4 is 27.7 Å². The van der Waals surface area contributed by atoms with Crippen molar-refractivity contribution < 1.29 is 9.53 Å². The molecule has 2 bridgehead atoms. The maximum atomic E-state index is 12.7.